The van der Waals surface area contributed by atoms with E-state index in [4.69, 9.17) is 4.42 Å². The van der Waals surface area contributed by atoms with Crippen molar-refractivity contribution in [2.75, 3.05) is 39.8 Å². The number of hydrogen-bond acceptors (Lipinski definition) is 4. The predicted octanol–water partition coefficient (Wildman–Crippen LogP) is 1.36. The third-order valence-corrected chi connectivity index (χ3v) is 4.95. The molecule has 3 rings (SSSR count). The van der Waals surface area contributed by atoms with Gasteiger partial charge in [0.15, 0.2) is 0 Å². The quantitative estimate of drug-likeness (QED) is 0.896. The van der Waals surface area contributed by atoms with E-state index in [9.17, 15) is 9.59 Å². The summed E-state index contributed by atoms with van der Waals surface area (Å²) in [5.41, 5.74) is -0.219. The zero-order chi connectivity index (χ0) is 18.0. The van der Waals surface area contributed by atoms with Crippen molar-refractivity contribution in [3.05, 3.63) is 24.2 Å². The Hall–Kier alpha value is -2.02. The number of rotatable bonds is 3. The summed E-state index contributed by atoms with van der Waals surface area (Å²) in [5, 5.41) is 2.98. The monoisotopic (exact) mass is 348 g/mol. The molecule has 2 aliphatic rings. The largest absolute Gasteiger partial charge is 0.468 e. The second kappa shape index (κ2) is 7.07. The average Bonchev–Trinajstić information content (AvgIpc) is 3.06. The van der Waals surface area contributed by atoms with E-state index in [0.29, 0.717) is 32.6 Å². The maximum atomic E-state index is 12.6. The van der Waals surface area contributed by atoms with Gasteiger partial charge in [0.2, 0.25) is 5.91 Å². The Labute approximate surface area is 148 Å². The molecule has 3 heterocycles. The number of nitrogens with zero attached hydrogens (tertiary/aromatic N) is 3. The second-order valence-electron chi connectivity index (χ2n) is 7.74. The van der Waals surface area contributed by atoms with E-state index in [2.05, 4.69) is 10.2 Å². The fourth-order valence-corrected chi connectivity index (χ4v) is 3.93. The Balaban J connectivity index is 1.78. The van der Waals surface area contributed by atoms with Gasteiger partial charge in [-0.15, -0.1) is 0 Å². The van der Waals surface area contributed by atoms with Crippen molar-refractivity contribution in [3.63, 3.8) is 0 Å². The molecule has 3 amide bonds. The van der Waals surface area contributed by atoms with E-state index in [-0.39, 0.29) is 23.4 Å². The molecule has 1 aromatic rings. The molecule has 0 aliphatic carbocycles. The van der Waals surface area contributed by atoms with Crippen LogP contribution in [0.2, 0.25) is 0 Å². The first-order valence-corrected chi connectivity index (χ1v) is 8.91. The molecule has 7 heteroatoms. The van der Waals surface area contributed by atoms with Crippen LogP contribution in [-0.4, -0.2) is 72.5 Å². The Morgan fingerprint density at radius 1 is 1.32 bits per heavy atom. The van der Waals surface area contributed by atoms with E-state index in [1.807, 2.05) is 37.9 Å². The lowest BCUT2D eigenvalue weighted by molar-refractivity contribution is -0.126. The second-order valence-corrected chi connectivity index (χ2v) is 7.74. The van der Waals surface area contributed by atoms with Crippen LogP contribution in [0.1, 0.15) is 26.0 Å². The number of furan rings is 1. The zero-order valence-corrected chi connectivity index (χ0v) is 15.3. The van der Waals surface area contributed by atoms with Crippen molar-refractivity contribution in [1.29, 1.82) is 0 Å². The number of amides is 3. The molecule has 1 aromatic heterocycles. The van der Waals surface area contributed by atoms with Crippen LogP contribution in [0.5, 0.6) is 0 Å². The van der Waals surface area contributed by atoms with Crippen molar-refractivity contribution < 1.29 is 14.0 Å². The van der Waals surface area contributed by atoms with Gasteiger partial charge in [0.25, 0.3) is 0 Å². The molecule has 0 radical (unpaired) electrons. The molecular weight excluding hydrogens is 320 g/mol. The minimum atomic E-state index is -0.219. The molecule has 0 unspecified atom stereocenters. The van der Waals surface area contributed by atoms with Crippen LogP contribution in [-0.2, 0) is 11.3 Å². The number of urea groups is 1. The molecule has 138 valence electrons. The molecule has 1 N–H and O–H groups in total. The summed E-state index contributed by atoms with van der Waals surface area (Å²) in [6.07, 6.45) is 2.17. The van der Waals surface area contributed by atoms with Crippen molar-refractivity contribution in [1.82, 2.24) is 20.0 Å². The fourth-order valence-electron chi connectivity index (χ4n) is 3.93. The summed E-state index contributed by atoms with van der Waals surface area (Å²) in [4.78, 5) is 30.7. The molecule has 0 aromatic carbocycles. The van der Waals surface area contributed by atoms with Crippen LogP contribution in [0.25, 0.3) is 0 Å². The molecule has 0 saturated carbocycles. The summed E-state index contributed by atoms with van der Waals surface area (Å²) in [6, 6.07) is 3.90. The van der Waals surface area contributed by atoms with Crippen LogP contribution in [0.3, 0.4) is 0 Å². The maximum Gasteiger partial charge on any atom is 0.317 e. The fraction of sp³-hybridized carbons (Fsp3) is 0.667. The Morgan fingerprint density at radius 3 is 2.72 bits per heavy atom. The van der Waals surface area contributed by atoms with Crippen molar-refractivity contribution in [2.24, 2.45) is 5.41 Å². The molecule has 2 aliphatic heterocycles. The smallest absolute Gasteiger partial charge is 0.317 e. The number of hydrogen-bond donors (Lipinski definition) is 1. The van der Waals surface area contributed by atoms with E-state index >= 15 is 0 Å². The van der Waals surface area contributed by atoms with Gasteiger partial charge in [0, 0.05) is 57.6 Å². The third-order valence-electron chi connectivity index (χ3n) is 4.95. The predicted molar refractivity (Wildman–Crippen MR) is 93.9 cm³/mol. The van der Waals surface area contributed by atoms with Crippen LogP contribution >= 0.6 is 0 Å². The van der Waals surface area contributed by atoms with Gasteiger partial charge in [-0.1, -0.05) is 0 Å². The first kappa shape index (κ1) is 17.8. The first-order valence-electron chi connectivity index (χ1n) is 8.91. The third kappa shape index (κ3) is 4.15. The molecule has 25 heavy (non-hydrogen) atoms. The number of carbonyl (C=O) groups excluding carboxylic acids is 2. The van der Waals surface area contributed by atoms with Crippen LogP contribution < -0.4 is 5.32 Å². The summed E-state index contributed by atoms with van der Waals surface area (Å²) in [6.45, 7) is 8.12. The van der Waals surface area contributed by atoms with Gasteiger partial charge in [0.1, 0.15) is 5.76 Å². The van der Waals surface area contributed by atoms with Gasteiger partial charge in [0.05, 0.1) is 12.8 Å². The maximum absolute atomic E-state index is 12.6. The first-order chi connectivity index (χ1) is 11.9. The number of carbonyl (C=O) groups is 2. The van der Waals surface area contributed by atoms with Crippen LogP contribution in [0.15, 0.2) is 22.8 Å². The lowest BCUT2D eigenvalue weighted by Gasteiger charge is -2.33. The van der Waals surface area contributed by atoms with Crippen molar-refractivity contribution >= 4 is 11.9 Å². The minimum absolute atomic E-state index is 0.0452. The molecular formula is C18H28N4O3. The highest BCUT2D eigenvalue weighted by atomic mass is 16.3. The van der Waals surface area contributed by atoms with Gasteiger partial charge < -0.3 is 19.5 Å². The molecule has 2 saturated heterocycles. The van der Waals surface area contributed by atoms with Gasteiger partial charge in [-0.25, -0.2) is 4.79 Å². The summed E-state index contributed by atoms with van der Waals surface area (Å²) in [5.74, 6) is 1.07. The summed E-state index contributed by atoms with van der Waals surface area (Å²) in [7, 11) is 1.84. The minimum Gasteiger partial charge on any atom is -0.468 e. The SMILES string of the molecule is CC(C)NC(=O)N1CCN(Cc2ccco2)C[C@@]2(CC(=O)N(C)C2)C1. The van der Waals surface area contributed by atoms with Gasteiger partial charge in [-0.3, -0.25) is 9.69 Å². The van der Waals surface area contributed by atoms with Gasteiger partial charge in [-0.2, -0.15) is 0 Å². The number of nitrogens with one attached hydrogen (secondary N) is 1. The van der Waals surface area contributed by atoms with Crippen molar-refractivity contribution in [2.45, 2.75) is 32.9 Å². The molecule has 0 bridgehead atoms. The van der Waals surface area contributed by atoms with Crippen LogP contribution in [0, 0.1) is 5.41 Å². The van der Waals surface area contributed by atoms with Crippen LogP contribution in [0.4, 0.5) is 4.79 Å². The normalized spacial score (nSPS) is 25.0. The molecule has 1 spiro atoms. The Morgan fingerprint density at radius 2 is 2.12 bits per heavy atom. The summed E-state index contributed by atoms with van der Waals surface area (Å²) < 4.78 is 5.49. The molecule has 2 fully saturated rings. The van der Waals surface area contributed by atoms with Gasteiger partial charge >= 0.3 is 6.03 Å². The molecule has 1 atom stereocenters. The zero-order valence-electron chi connectivity index (χ0n) is 15.3. The summed E-state index contributed by atoms with van der Waals surface area (Å²) >= 11 is 0. The van der Waals surface area contributed by atoms with E-state index in [0.717, 1.165) is 18.8 Å². The van der Waals surface area contributed by atoms with Gasteiger partial charge in [-0.05, 0) is 26.0 Å². The highest BCUT2D eigenvalue weighted by Crippen LogP contribution is 2.34. The number of likely N-dealkylation sites (tertiary alicyclic amines) is 1. The van der Waals surface area contributed by atoms with E-state index in [1.165, 1.54) is 0 Å². The van der Waals surface area contributed by atoms with E-state index in [1.54, 1.807) is 11.2 Å². The Bertz CT molecular complexity index is 616. The standard InChI is InChI=1S/C18H28N4O3/c1-14(2)19-17(24)22-7-6-21(10-15-5-4-8-25-15)12-18(13-22)9-16(23)20(3)11-18/h4-5,8,14H,6-7,9-13H2,1-3H3,(H,19,24)/t18-/m0/s1. The highest BCUT2D eigenvalue weighted by molar-refractivity contribution is 5.80. The average molecular weight is 348 g/mol. The topological polar surface area (TPSA) is 69.0 Å². The molecule has 7 nitrogen and oxygen atoms in total. The highest BCUT2D eigenvalue weighted by Gasteiger charge is 2.46. The lowest BCUT2D eigenvalue weighted by atomic mass is 9.86. The lowest BCUT2D eigenvalue weighted by Crippen LogP contribution is -2.48. The Kier molecular flexibility index (Phi) is 5.03. The van der Waals surface area contributed by atoms with E-state index < -0.39 is 0 Å². The van der Waals surface area contributed by atoms with Crippen molar-refractivity contribution in [3.8, 4) is 0 Å².